The van der Waals surface area contributed by atoms with Gasteiger partial charge >= 0.3 is 0 Å². The van der Waals surface area contributed by atoms with Crippen molar-refractivity contribution in [3.05, 3.63) is 24.3 Å². The lowest BCUT2D eigenvalue weighted by Crippen LogP contribution is -2.17. The molecule has 1 unspecified atom stereocenters. The molecule has 0 N–H and O–H groups in total. The summed E-state index contributed by atoms with van der Waals surface area (Å²) < 4.78 is 0. The van der Waals surface area contributed by atoms with Crippen molar-refractivity contribution in [3.63, 3.8) is 0 Å². The van der Waals surface area contributed by atoms with Crippen LogP contribution < -0.4 is 0 Å². The summed E-state index contributed by atoms with van der Waals surface area (Å²) in [5.41, 5.74) is 7.83. The highest BCUT2D eigenvalue weighted by molar-refractivity contribution is 6.84. The Hall–Kier alpha value is -0.966. The van der Waals surface area contributed by atoms with E-state index in [2.05, 4.69) is 81.8 Å². The van der Waals surface area contributed by atoms with E-state index in [-0.39, 0.29) is 0 Å². The molecule has 0 saturated heterocycles. The van der Waals surface area contributed by atoms with Gasteiger partial charge < -0.3 is 0 Å². The van der Waals surface area contributed by atoms with Crippen molar-refractivity contribution in [3.8, 4) is 22.9 Å². The normalized spacial score (nSPS) is 12.4. The lowest BCUT2D eigenvalue weighted by molar-refractivity contribution is 0.744. The molecule has 0 aliphatic heterocycles. The molecular formula is C17H28Si2. The molecule has 0 aromatic rings. The fraction of sp³-hybridized carbons (Fsp3) is 0.529. The highest BCUT2D eigenvalue weighted by Gasteiger charge is 2.09. The summed E-state index contributed by atoms with van der Waals surface area (Å²) in [6.45, 7) is 19.5. The Bertz CT molecular complexity index is 414. The first-order chi connectivity index (χ1) is 8.53. The quantitative estimate of drug-likeness (QED) is 0.394. The molecule has 0 amide bonds. The number of allylic oxidation sites excluding steroid dienone is 3. The van der Waals surface area contributed by atoms with Crippen LogP contribution in [0.25, 0.3) is 0 Å². The molecule has 1 atom stereocenters. The molecule has 0 aromatic carbocycles. The largest absolute Gasteiger partial charge is 0.129 e. The van der Waals surface area contributed by atoms with Crippen LogP contribution in [0.5, 0.6) is 0 Å². The predicted molar refractivity (Wildman–Crippen MR) is 94.3 cm³/mol. The minimum Gasteiger partial charge on any atom is -0.126 e. The van der Waals surface area contributed by atoms with Crippen LogP contribution in [-0.4, -0.2) is 16.1 Å². The first kappa shape index (κ1) is 18.0. The fourth-order valence-electron chi connectivity index (χ4n) is 1.24. The van der Waals surface area contributed by atoms with Gasteiger partial charge in [-0.2, -0.15) is 0 Å². The Labute approximate surface area is 122 Å². The molecule has 0 bridgehead atoms. The Morgan fingerprint density at radius 1 is 1.00 bits per heavy atom. The summed E-state index contributed by atoms with van der Waals surface area (Å²) in [7, 11) is -2.69. The van der Waals surface area contributed by atoms with Crippen LogP contribution in [-0.2, 0) is 0 Å². The van der Waals surface area contributed by atoms with Gasteiger partial charge in [-0.25, -0.2) is 0 Å². The number of rotatable bonds is 3. The standard InChI is InChI=1S/C17H28Si2/c1-9-10-16(2)15-17(11-13-18(3,4)5)12-14-19(6,7)8/h9,15-16H,1,10H2,2-8H3. The van der Waals surface area contributed by atoms with Crippen molar-refractivity contribution in [2.75, 3.05) is 0 Å². The van der Waals surface area contributed by atoms with Gasteiger partial charge in [0.25, 0.3) is 0 Å². The van der Waals surface area contributed by atoms with Crippen molar-refractivity contribution in [2.24, 2.45) is 5.92 Å². The smallest absolute Gasteiger partial charge is 0.126 e. The van der Waals surface area contributed by atoms with E-state index in [1.165, 1.54) is 0 Å². The number of hydrogen-bond donors (Lipinski definition) is 0. The SMILES string of the molecule is C=CCC(C)C=C(C#C[Si](C)(C)C)C#C[Si](C)(C)C. The van der Waals surface area contributed by atoms with Crippen LogP contribution in [0.4, 0.5) is 0 Å². The van der Waals surface area contributed by atoms with Gasteiger partial charge in [0.2, 0.25) is 0 Å². The molecule has 0 heterocycles. The van der Waals surface area contributed by atoms with Crippen LogP contribution >= 0.6 is 0 Å². The van der Waals surface area contributed by atoms with E-state index in [1.54, 1.807) is 0 Å². The maximum absolute atomic E-state index is 3.79. The summed E-state index contributed by atoms with van der Waals surface area (Å²) in [5.74, 6) is 7.08. The Morgan fingerprint density at radius 3 is 1.74 bits per heavy atom. The summed E-state index contributed by atoms with van der Waals surface area (Å²) in [5, 5.41) is 0. The van der Waals surface area contributed by atoms with Crippen molar-refractivity contribution >= 4 is 16.1 Å². The molecule has 0 rings (SSSR count). The van der Waals surface area contributed by atoms with Gasteiger partial charge in [0, 0.05) is 0 Å². The molecule has 0 nitrogen and oxygen atoms in total. The van der Waals surface area contributed by atoms with Gasteiger partial charge in [-0.3, -0.25) is 0 Å². The van der Waals surface area contributed by atoms with Gasteiger partial charge in [-0.05, 0) is 12.3 Å². The van der Waals surface area contributed by atoms with Crippen LogP contribution in [0.2, 0.25) is 39.3 Å². The highest BCUT2D eigenvalue weighted by atomic mass is 28.3. The molecule has 19 heavy (non-hydrogen) atoms. The molecule has 0 aliphatic rings. The molecule has 104 valence electrons. The van der Waals surface area contributed by atoms with Crippen molar-refractivity contribution in [1.82, 2.24) is 0 Å². The van der Waals surface area contributed by atoms with Gasteiger partial charge in [0.15, 0.2) is 0 Å². The van der Waals surface area contributed by atoms with E-state index in [0.717, 1.165) is 12.0 Å². The summed E-state index contributed by atoms with van der Waals surface area (Å²) >= 11 is 0. The van der Waals surface area contributed by atoms with Crippen molar-refractivity contribution in [1.29, 1.82) is 0 Å². The summed E-state index contributed by atoms with van der Waals surface area (Å²) in [4.78, 5) is 0. The average molecular weight is 289 g/mol. The second kappa shape index (κ2) is 7.58. The Kier molecular flexibility index (Phi) is 7.20. The Balaban J connectivity index is 5.29. The van der Waals surface area contributed by atoms with Crippen LogP contribution in [0.3, 0.4) is 0 Å². The first-order valence-electron chi connectivity index (χ1n) is 6.92. The maximum atomic E-state index is 3.79. The van der Waals surface area contributed by atoms with E-state index in [4.69, 9.17) is 0 Å². The lowest BCUT2D eigenvalue weighted by atomic mass is 10.0. The van der Waals surface area contributed by atoms with Crippen molar-refractivity contribution in [2.45, 2.75) is 52.6 Å². The zero-order valence-electron chi connectivity index (χ0n) is 13.6. The molecule has 0 saturated carbocycles. The van der Waals surface area contributed by atoms with E-state index in [9.17, 15) is 0 Å². The van der Waals surface area contributed by atoms with Crippen molar-refractivity contribution < 1.29 is 0 Å². The molecule has 0 spiro atoms. The zero-order valence-corrected chi connectivity index (χ0v) is 15.6. The fourth-order valence-corrected chi connectivity index (χ4v) is 2.26. The monoisotopic (exact) mass is 288 g/mol. The minimum atomic E-state index is -1.34. The van der Waals surface area contributed by atoms with Crippen LogP contribution in [0, 0.1) is 28.8 Å². The third-order valence-electron chi connectivity index (χ3n) is 2.13. The van der Waals surface area contributed by atoms with E-state index in [0.29, 0.717) is 5.92 Å². The Morgan fingerprint density at radius 2 is 1.42 bits per heavy atom. The maximum Gasteiger partial charge on any atom is 0.129 e. The second-order valence-electron chi connectivity index (χ2n) is 7.08. The molecule has 0 aromatic heterocycles. The minimum absolute atomic E-state index is 0.458. The van der Waals surface area contributed by atoms with Crippen LogP contribution in [0.15, 0.2) is 24.3 Å². The van der Waals surface area contributed by atoms with Crippen LogP contribution in [0.1, 0.15) is 13.3 Å². The summed E-state index contributed by atoms with van der Waals surface area (Å²) in [6.07, 6.45) is 5.13. The van der Waals surface area contributed by atoms with E-state index in [1.807, 2.05) is 6.08 Å². The van der Waals surface area contributed by atoms with E-state index >= 15 is 0 Å². The van der Waals surface area contributed by atoms with E-state index < -0.39 is 16.1 Å². The third-order valence-corrected chi connectivity index (χ3v) is 3.88. The average Bonchev–Trinajstić information content (AvgIpc) is 2.20. The van der Waals surface area contributed by atoms with Gasteiger partial charge in [-0.1, -0.05) is 70.2 Å². The van der Waals surface area contributed by atoms with Gasteiger partial charge in [0.1, 0.15) is 16.1 Å². The molecule has 0 fully saturated rings. The molecule has 0 aliphatic carbocycles. The zero-order chi connectivity index (χ0) is 15.1. The highest BCUT2D eigenvalue weighted by Crippen LogP contribution is 2.09. The third kappa shape index (κ3) is 11.8. The van der Waals surface area contributed by atoms with Gasteiger partial charge in [-0.15, -0.1) is 17.7 Å². The van der Waals surface area contributed by atoms with Gasteiger partial charge in [0.05, 0.1) is 5.57 Å². The summed E-state index contributed by atoms with van der Waals surface area (Å²) in [6, 6.07) is 0. The molecular weight excluding hydrogens is 260 g/mol. The molecule has 0 radical (unpaired) electrons. The predicted octanol–water partition coefficient (Wildman–Crippen LogP) is 4.89. The first-order valence-corrected chi connectivity index (χ1v) is 13.9. The lowest BCUT2D eigenvalue weighted by Gasteiger charge is -2.06. The molecule has 2 heteroatoms. The topological polar surface area (TPSA) is 0 Å². The second-order valence-corrected chi connectivity index (χ2v) is 16.6. The number of hydrogen-bond acceptors (Lipinski definition) is 0.